The molecule has 0 saturated heterocycles. The van der Waals surface area contributed by atoms with Crippen molar-refractivity contribution < 1.29 is 19.2 Å². The minimum atomic E-state index is -0.830. The third-order valence-electron chi connectivity index (χ3n) is 2.54. The Balaban J connectivity index is 2.11. The molecule has 0 bridgehead atoms. The number of nitrogens with one attached hydrogen (secondary N) is 1. The topological polar surface area (TPSA) is 121 Å². The highest BCUT2D eigenvalue weighted by atomic mass is 16.6. The van der Waals surface area contributed by atoms with Crippen molar-refractivity contribution in [3.05, 3.63) is 57.5 Å². The molecule has 1 heterocycles. The molecule has 0 unspecified atom stereocenters. The zero-order valence-corrected chi connectivity index (χ0v) is 10.9. The highest BCUT2D eigenvalue weighted by Gasteiger charge is 2.12. The Morgan fingerprint density at radius 3 is 2.76 bits per heavy atom. The van der Waals surface area contributed by atoms with Crippen molar-refractivity contribution in [2.24, 2.45) is 5.10 Å². The van der Waals surface area contributed by atoms with Gasteiger partial charge in [0.2, 0.25) is 0 Å². The number of carbonyl (C=O) groups excluding carboxylic acids is 1. The van der Waals surface area contributed by atoms with E-state index in [1.54, 1.807) is 19.1 Å². The van der Waals surface area contributed by atoms with E-state index < -0.39 is 16.6 Å². The molecule has 8 nitrogen and oxygen atoms in total. The lowest BCUT2D eigenvalue weighted by Crippen LogP contribution is -2.19. The average Bonchev–Trinajstić information content (AvgIpc) is 2.84. The van der Waals surface area contributed by atoms with Gasteiger partial charge in [-0.1, -0.05) is 11.8 Å². The minimum Gasteiger partial charge on any atom is -0.872 e. The highest BCUT2D eigenvalue weighted by Crippen LogP contribution is 2.20. The summed E-state index contributed by atoms with van der Waals surface area (Å²) in [6.45, 7) is 1.75. The monoisotopic (exact) mass is 288 g/mol. The number of hydrogen-bond acceptors (Lipinski definition) is 6. The molecule has 0 spiro atoms. The van der Waals surface area contributed by atoms with Crippen LogP contribution in [0.25, 0.3) is 0 Å². The van der Waals surface area contributed by atoms with Crippen molar-refractivity contribution in [1.82, 2.24) is 5.43 Å². The summed E-state index contributed by atoms with van der Waals surface area (Å²) in [6.07, 6.45) is 1.26. The molecule has 1 amide bonds. The molecule has 1 N–H and O–H groups in total. The number of nitro groups is 1. The molecule has 2 aromatic rings. The number of hydrazone groups is 1. The predicted octanol–water partition coefficient (Wildman–Crippen LogP) is 1.33. The Labute approximate surface area is 118 Å². The quantitative estimate of drug-likeness (QED) is 0.517. The van der Waals surface area contributed by atoms with E-state index >= 15 is 0 Å². The molecule has 1 aromatic heterocycles. The Morgan fingerprint density at radius 2 is 2.14 bits per heavy atom. The zero-order chi connectivity index (χ0) is 15.4. The van der Waals surface area contributed by atoms with Crippen LogP contribution in [0, 0.1) is 17.0 Å². The lowest BCUT2D eigenvalue weighted by molar-refractivity contribution is -0.385. The van der Waals surface area contributed by atoms with Gasteiger partial charge in [0.1, 0.15) is 11.5 Å². The van der Waals surface area contributed by atoms with Gasteiger partial charge in [-0.3, -0.25) is 14.9 Å². The van der Waals surface area contributed by atoms with Crippen LogP contribution in [0.1, 0.15) is 21.9 Å². The molecular weight excluding hydrogens is 278 g/mol. The molecule has 0 fully saturated rings. The summed E-state index contributed by atoms with van der Waals surface area (Å²) in [5, 5.41) is 25.8. The Bertz CT molecular complexity index is 720. The molecule has 21 heavy (non-hydrogen) atoms. The maximum absolute atomic E-state index is 11.8. The normalized spacial score (nSPS) is 10.7. The minimum absolute atomic E-state index is 0.342. The van der Waals surface area contributed by atoms with E-state index in [-0.39, 0.29) is 11.3 Å². The van der Waals surface area contributed by atoms with Gasteiger partial charge in [-0.05, 0) is 19.1 Å². The van der Waals surface area contributed by atoms with Crippen LogP contribution < -0.4 is 10.5 Å². The van der Waals surface area contributed by atoms with Crippen LogP contribution in [0.3, 0.4) is 0 Å². The van der Waals surface area contributed by atoms with Crippen LogP contribution >= 0.6 is 0 Å². The van der Waals surface area contributed by atoms with Gasteiger partial charge in [0.05, 0.1) is 11.1 Å². The first-order chi connectivity index (χ1) is 9.97. The fourth-order valence-electron chi connectivity index (χ4n) is 1.55. The summed E-state index contributed by atoms with van der Waals surface area (Å²) in [6, 6.07) is 6.28. The van der Waals surface area contributed by atoms with Crippen molar-refractivity contribution in [2.45, 2.75) is 6.92 Å². The summed E-state index contributed by atoms with van der Waals surface area (Å²) in [7, 11) is 0. The summed E-state index contributed by atoms with van der Waals surface area (Å²) in [5.74, 6) is -0.345. The van der Waals surface area contributed by atoms with Crippen LogP contribution in [-0.2, 0) is 0 Å². The van der Waals surface area contributed by atoms with Crippen molar-refractivity contribution in [3.8, 4) is 5.75 Å². The second kappa shape index (κ2) is 5.87. The SMILES string of the molecule is Cc1ccc(/C=N\NC(=O)c2cc([N+](=O)[O-])ccc2[O-])o1. The van der Waals surface area contributed by atoms with E-state index in [2.05, 4.69) is 10.5 Å². The smallest absolute Gasteiger partial charge is 0.270 e. The molecule has 0 atom stereocenters. The molecule has 2 rings (SSSR count). The van der Waals surface area contributed by atoms with Crippen molar-refractivity contribution in [2.75, 3.05) is 0 Å². The Morgan fingerprint density at radius 1 is 1.38 bits per heavy atom. The largest absolute Gasteiger partial charge is 0.872 e. The molecule has 108 valence electrons. The number of benzene rings is 1. The summed E-state index contributed by atoms with van der Waals surface area (Å²) in [5.41, 5.74) is 1.42. The number of furan rings is 1. The Kier molecular flexibility index (Phi) is 3.98. The van der Waals surface area contributed by atoms with Gasteiger partial charge in [0, 0.05) is 17.7 Å². The van der Waals surface area contributed by atoms with E-state index in [9.17, 15) is 20.0 Å². The first kappa shape index (κ1) is 14.3. The molecule has 0 aliphatic carbocycles. The second-order valence-corrected chi connectivity index (χ2v) is 4.09. The molecule has 0 aliphatic rings. The van der Waals surface area contributed by atoms with E-state index in [0.717, 1.165) is 18.2 Å². The van der Waals surface area contributed by atoms with Crippen LogP contribution in [0.5, 0.6) is 5.75 Å². The van der Waals surface area contributed by atoms with Crippen LogP contribution in [0.2, 0.25) is 0 Å². The van der Waals surface area contributed by atoms with Gasteiger partial charge in [-0.25, -0.2) is 5.43 Å². The van der Waals surface area contributed by atoms with E-state index in [1.807, 2.05) is 0 Å². The fraction of sp³-hybridized carbons (Fsp3) is 0.0769. The first-order valence-corrected chi connectivity index (χ1v) is 5.82. The summed E-state index contributed by atoms with van der Waals surface area (Å²) < 4.78 is 5.19. The van der Waals surface area contributed by atoms with Crippen molar-refractivity contribution >= 4 is 17.8 Å². The third-order valence-corrected chi connectivity index (χ3v) is 2.54. The number of aryl methyl sites for hydroxylation is 1. The van der Waals surface area contributed by atoms with Gasteiger partial charge in [-0.15, -0.1) is 0 Å². The summed E-state index contributed by atoms with van der Waals surface area (Å²) in [4.78, 5) is 21.7. The number of hydrogen-bond donors (Lipinski definition) is 1. The van der Waals surface area contributed by atoms with E-state index in [1.165, 1.54) is 6.21 Å². The maximum Gasteiger partial charge on any atom is 0.270 e. The molecule has 0 radical (unpaired) electrons. The van der Waals surface area contributed by atoms with E-state index in [4.69, 9.17) is 4.42 Å². The molecule has 0 aliphatic heterocycles. The molecule has 1 aromatic carbocycles. The predicted molar refractivity (Wildman–Crippen MR) is 71.0 cm³/mol. The molecular formula is C13H10N3O5-. The van der Waals surface area contributed by atoms with Gasteiger partial charge in [-0.2, -0.15) is 5.10 Å². The lowest BCUT2D eigenvalue weighted by atomic mass is 10.1. The van der Waals surface area contributed by atoms with Crippen LogP contribution in [0.4, 0.5) is 5.69 Å². The third kappa shape index (κ3) is 3.44. The number of carbonyl (C=O) groups is 1. The second-order valence-electron chi connectivity index (χ2n) is 4.09. The van der Waals surface area contributed by atoms with E-state index in [0.29, 0.717) is 11.5 Å². The maximum atomic E-state index is 11.8. The fourth-order valence-corrected chi connectivity index (χ4v) is 1.55. The number of nitrogens with zero attached hydrogens (tertiary/aromatic N) is 2. The highest BCUT2D eigenvalue weighted by molar-refractivity contribution is 5.97. The number of non-ortho nitro benzene ring substituents is 1. The van der Waals surface area contributed by atoms with Gasteiger partial charge < -0.3 is 9.52 Å². The standard InChI is InChI=1S/C13H11N3O5/c1-8-2-4-10(21-8)7-14-15-13(18)11-6-9(16(19)20)3-5-12(11)17/h2-7,17H,1H3,(H,15,18)/p-1/b14-7-. The van der Waals surface area contributed by atoms with Gasteiger partial charge in [0.15, 0.2) is 0 Å². The first-order valence-electron chi connectivity index (χ1n) is 5.82. The Hall–Kier alpha value is -3.16. The van der Waals surface area contributed by atoms with Gasteiger partial charge in [0.25, 0.3) is 11.6 Å². The molecule has 8 heteroatoms. The van der Waals surface area contributed by atoms with Crippen molar-refractivity contribution in [3.63, 3.8) is 0 Å². The van der Waals surface area contributed by atoms with Gasteiger partial charge >= 0.3 is 0 Å². The average molecular weight is 288 g/mol. The van der Waals surface area contributed by atoms with Crippen LogP contribution in [0.15, 0.2) is 39.9 Å². The lowest BCUT2D eigenvalue weighted by Gasteiger charge is -2.10. The number of rotatable bonds is 4. The number of amides is 1. The summed E-state index contributed by atoms with van der Waals surface area (Å²) >= 11 is 0. The molecule has 0 saturated carbocycles. The van der Waals surface area contributed by atoms with Crippen LogP contribution in [-0.4, -0.2) is 17.0 Å². The number of nitro benzene ring substituents is 1. The van der Waals surface area contributed by atoms with Crippen molar-refractivity contribution in [1.29, 1.82) is 0 Å². The zero-order valence-electron chi connectivity index (χ0n) is 10.9.